The van der Waals surface area contributed by atoms with E-state index in [1.165, 1.54) is 0 Å². The maximum Gasteiger partial charge on any atom is 0.311 e. The van der Waals surface area contributed by atoms with Crippen molar-refractivity contribution in [1.82, 2.24) is 9.55 Å². The zero-order valence-electron chi connectivity index (χ0n) is 17.0. The molecule has 4 aromatic rings. The van der Waals surface area contributed by atoms with E-state index in [0.29, 0.717) is 29.4 Å². The number of nitrogens with zero attached hydrogens (tertiary/aromatic N) is 4. The van der Waals surface area contributed by atoms with Crippen LogP contribution in [0.4, 0.5) is 23.0 Å². The molecule has 0 spiro atoms. The highest BCUT2D eigenvalue weighted by Crippen LogP contribution is 2.31. The van der Waals surface area contributed by atoms with Crippen LogP contribution in [0.5, 0.6) is 5.75 Å². The van der Waals surface area contributed by atoms with Crippen molar-refractivity contribution in [2.45, 2.75) is 12.8 Å². The van der Waals surface area contributed by atoms with E-state index < -0.39 is 0 Å². The lowest BCUT2D eigenvalue weighted by atomic mass is 10.1. The number of azo groups is 1. The Morgan fingerprint density at radius 3 is 2.58 bits per heavy atom. The zero-order valence-corrected chi connectivity index (χ0v) is 17.0. The number of ether oxygens (including phenoxy) is 1. The van der Waals surface area contributed by atoms with Gasteiger partial charge in [-0.3, -0.25) is 4.79 Å². The lowest BCUT2D eigenvalue weighted by Gasteiger charge is -2.06. The Balaban J connectivity index is 1.45. The summed E-state index contributed by atoms with van der Waals surface area (Å²) >= 11 is 0. The molecule has 0 unspecified atom stereocenters. The molecular formula is C23H22N6O2. The molecule has 31 heavy (non-hydrogen) atoms. The summed E-state index contributed by atoms with van der Waals surface area (Å²) in [6, 6.07) is 18.3. The molecule has 0 saturated carbocycles. The molecule has 2 aromatic carbocycles. The summed E-state index contributed by atoms with van der Waals surface area (Å²) in [4.78, 5) is 16.4. The number of hydrogen-bond acceptors (Lipinski definition) is 7. The lowest BCUT2D eigenvalue weighted by molar-refractivity contribution is -0.134. The number of esters is 1. The minimum absolute atomic E-state index is 0.174. The number of aryl methyl sites for hydroxylation is 2. The quantitative estimate of drug-likeness (QED) is 0.269. The standard InChI is InChI=1S/C23H22N6O2/c1-29-14-15(16-6-2-4-8-19(16)29)10-13-22(30)31-20-9-5-3-7-17(20)27-28-18-11-12-21(24)26-23(18)25/h2-9,11-12,14H,10,13H2,1H3,(H4,24,25,26)/b28-27+. The summed E-state index contributed by atoms with van der Waals surface area (Å²) in [6.07, 6.45) is 2.87. The Morgan fingerprint density at radius 1 is 1.00 bits per heavy atom. The van der Waals surface area contributed by atoms with Crippen LogP contribution in [0.2, 0.25) is 0 Å². The number of carbonyl (C=O) groups is 1. The summed E-state index contributed by atoms with van der Waals surface area (Å²) in [7, 11) is 1.99. The number of nitrogen functional groups attached to an aromatic ring is 2. The highest BCUT2D eigenvalue weighted by Gasteiger charge is 2.12. The van der Waals surface area contributed by atoms with Gasteiger partial charge in [0, 0.05) is 24.1 Å². The third-order valence-electron chi connectivity index (χ3n) is 4.86. The number of para-hydroxylation sites is 2. The van der Waals surface area contributed by atoms with Crippen molar-refractivity contribution in [3.63, 3.8) is 0 Å². The highest BCUT2D eigenvalue weighted by molar-refractivity contribution is 5.84. The molecule has 0 aliphatic heterocycles. The van der Waals surface area contributed by atoms with Crippen molar-refractivity contribution in [2.24, 2.45) is 17.3 Å². The molecule has 8 nitrogen and oxygen atoms in total. The first-order valence-electron chi connectivity index (χ1n) is 9.77. The van der Waals surface area contributed by atoms with Gasteiger partial charge in [-0.2, -0.15) is 0 Å². The summed E-state index contributed by atoms with van der Waals surface area (Å²) in [5.41, 5.74) is 14.4. The van der Waals surface area contributed by atoms with Gasteiger partial charge in [-0.15, -0.1) is 10.2 Å². The van der Waals surface area contributed by atoms with Crippen LogP contribution in [0.1, 0.15) is 12.0 Å². The molecule has 2 aromatic heterocycles. The van der Waals surface area contributed by atoms with Crippen molar-refractivity contribution >= 4 is 39.9 Å². The van der Waals surface area contributed by atoms with Crippen molar-refractivity contribution in [3.05, 3.63) is 72.4 Å². The van der Waals surface area contributed by atoms with E-state index in [1.54, 1.807) is 36.4 Å². The number of nitrogens with two attached hydrogens (primary N) is 2. The Bertz CT molecular complexity index is 1280. The van der Waals surface area contributed by atoms with Gasteiger partial charge >= 0.3 is 5.97 Å². The van der Waals surface area contributed by atoms with Gasteiger partial charge in [0.25, 0.3) is 0 Å². The molecular weight excluding hydrogens is 392 g/mol. The number of aromatic nitrogens is 2. The topological polar surface area (TPSA) is 121 Å². The fourth-order valence-electron chi connectivity index (χ4n) is 3.34. The number of carbonyl (C=O) groups excluding carboxylic acids is 1. The summed E-state index contributed by atoms with van der Waals surface area (Å²) in [6.45, 7) is 0. The van der Waals surface area contributed by atoms with Gasteiger partial charge in [0.2, 0.25) is 0 Å². The molecule has 4 N–H and O–H groups in total. The normalized spacial score (nSPS) is 11.3. The maximum atomic E-state index is 12.5. The number of pyridine rings is 1. The first kappa shape index (κ1) is 20.1. The van der Waals surface area contributed by atoms with Crippen LogP contribution in [-0.2, 0) is 18.3 Å². The fraction of sp³-hybridized carbons (Fsp3) is 0.130. The molecule has 0 saturated heterocycles. The van der Waals surface area contributed by atoms with Crippen molar-refractivity contribution in [1.29, 1.82) is 0 Å². The minimum Gasteiger partial charge on any atom is -0.424 e. The molecule has 0 fully saturated rings. The third kappa shape index (κ3) is 4.53. The summed E-state index contributed by atoms with van der Waals surface area (Å²) in [5, 5.41) is 9.41. The predicted molar refractivity (Wildman–Crippen MR) is 121 cm³/mol. The second kappa shape index (κ2) is 8.66. The molecule has 0 amide bonds. The van der Waals surface area contributed by atoms with Gasteiger partial charge in [0.05, 0.1) is 6.42 Å². The number of rotatable bonds is 6. The second-order valence-corrected chi connectivity index (χ2v) is 7.06. The van der Waals surface area contributed by atoms with Crippen molar-refractivity contribution in [2.75, 3.05) is 11.5 Å². The third-order valence-corrected chi connectivity index (χ3v) is 4.86. The van der Waals surface area contributed by atoms with Crippen LogP contribution in [-0.4, -0.2) is 15.5 Å². The first-order valence-corrected chi connectivity index (χ1v) is 9.77. The van der Waals surface area contributed by atoms with Gasteiger partial charge < -0.3 is 20.8 Å². The highest BCUT2D eigenvalue weighted by atomic mass is 16.5. The van der Waals surface area contributed by atoms with E-state index in [-0.39, 0.29) is 18.2 Å². The number of anilines is 2. The van der Waals surface area contributed by atoms with Crippen LogP contribution in [0, 0.1) is 0 Å². The van der Waals surface area contributed by atoms with Gasteiger partial charge in [-0.05, 0) is 42.3 Å². The average molecular weight is 414 g/mol. The van der Waals surface area contributed by atoms with E-state index >= 15 is 0 Å². The number of hydrogen-bond donors (Lipinski definition) is 2. The van der Waals surface area contributed by atoms with E-state index in [1.807, 2.05) is 25.4 Å². The molecule has 4 rings (SSSR count). The van der Waals surface area contributed by atoms with E-state index in [9.17, 15) is 4.79 Å². The van der Waals surface area contributed by atoms with E-state index in [4.69, 9.17) is 16.2 Å². The fourth-order valence-corrected chi connectivity index (χ4v) is 3.34. The van der Waals surface area contributed by atoms with Crippen LogP contribution in [0.15, 0.2) is 77.1 Å². The minimum atomic E-state index is -0.343. The van der Waals surface area contributed by atoms with Crippen LogP contribution in [0.25, 0.3) is 10.9 Å². The maximum absolute atomic E-state index is 12.5. The monoisotopic (exact) mass is 414 g/mol. The van der Waals surface area contributed by atoms with E-state index in [2.05, 4.69) is 31.9 Å². The summed E-state index contributed by atoms with van der Waals surface area (Å²) < 4.78 is 7.62. The Kier molecular flexibility index (Phi) is 5.61. The number of benzene rings is 2. The van der Waals surface area contributed by atoms with Crippen molar-refractivity contribution in [3.8, 4) is 5.75 Å². The second-order valence-electron chi connectivity index (χ2n) is 7.06. The Hall–Kier alpha value is -4.20. The Labute approximate surface area is 179 Å². The lowest BCUT2D eigenvalue weighted by Crippen LogP contribution is -2.09. The van der Waals surface area contributed by atoms with Gasteiger partial charge in [0.15, 0.2) is 11.6 Å². The van der Waals surface area contributed by atoms with Crippen molar-refractivity contribution < 1.29 is 9.53 Å². The molecule has 0 aliphatic rings. The first-order chi connectivity index (χ1) is 15.0. The SMILES string of the molecule is Cn1cc(CCC(=O)Oc2ccccc2/N=N/c2ccc(N)nc2N)c2ccccc21. The van der Waals surface area contributed by atoms with Gasteiger partial charge in [-0.25, -0.2) is 4.98 Å². The molecule has 156 valence electrons. The molecule has 0 atom stereocenters. The van der Waals surface area contributed by atoms with Crippen LogP contribution < -0.4 is 16.2 Å². The zero-order chi connectivity index (χ0) is 21.8. The molecule has 0 radical (unpaired) electrons. The van der Waals surface area contributed by atoms with Gasteiger partial charge in [-0.1, -0.05) is 30.3 Å². The largest absolute Gasteiger partial charge is 0.424 e. The molecule has 8 heteroatoms. The molecule has 0 bridgehead atoms. The molecule has 0 aliphatic carbocycles. The number of fused-ring (bicyclic) bond motifs is 1. The van der Waals surface area contributed by atoms with Crippen LogP contribution >= 0.6 is 0 Å². The summed E-state index contributed by atoms with van der Waals surface area (Å²) in [5.74, 6) is 0.464. The average Bonchev–Trinajstić information content (AvgIpc) is 3.08. The predicted octanol–water partition coefficient (Wildman–Crippen LogP) is 4.69. The van der Waals surface area contributed by atoms with Gasteiger partial charge in [0.1, 0.15) is 17.2 Å². The van der Waals surface area contributed by atoms with E-state index in [0.717, 1.165) is 16.5 Å². The smallest absolute Gasteiger partial charge is 0.311 e. The van der Waals surface area contributed by atoms with Crippen LogP contribution in [0.3, 0.4) is 0 Å². The Morgan fingerprint density at radius 2 is 1.74 bits per heavy atom. The molecule has 2 heterocycles.